The van der Waals surface area contributed by atoms with Crippen LogP contribution in [0, 0.1) is 0 Å². The summed E-state index contributed by atoms with van der Waals surface area (Å²) in [5, 5.41) is 16.7. The van der Waals surface area contributed by atoms with Crippen LogP contribution in [-0.2, 0) is 11.2 Å². The zero-order valence-electron chi connectivity index (χ0n) is 14.4. The molecule has 0 saturated heterocycles. The number of aromatic nitrogens is 3. The molecule has 0 unspecified atom stereocenters. The van der Waals surface area contributed by atoms with E-state index in [1.807, 2.05) is 13.8 Å². The van der Waals surface area contributed by atoms with Crippen LogP contribution in [0.15, 0.2) is 28.3 Å². The number of methoxy groups -OCH3 is 1. The molecule has 2 rings (SSSR count). The number of aromatic amines is 1. The van der Waals surface area contributed by atoms with Gasteiger partial charge in [-0.1, -0.05) is 13.0 Å². The quantitative estimate of drug-likeness (QED) is 0.520. The second-order valence-electron chi connectivity index (χ2n) is 5.07. The van der Waals surface area contributed by atoms with Gasteiger partial charge in [-0.15, -0.1) is 5.10 Å². The number of H-pyrrole nitrogens is 1. The summed E-state index contributed by atoms with van der Waals surface area (Å²) in [6.45, 7) is 4.44. The van der Waals surface area contributed by atoms with Crippen molar-refractivity contribution in [2.75, 3.05) is 13.7 Å². The molecule has 0 aliphatic carbocycles. The minimum Gasteiger partial charge on any atom is -0.493 e. The number of carboxylic acids is 1. The first-order valence-corrected chi connectivity index (χ1v) is 8.74. The average molecular weight is 363 g/mol. The van der Waals surface area contributed by atoms with Crippen LogP contribution in [-0.4, -0.2) is 40.0 Å². The Bertz CT molecular complexity index is 758. The lowest BCUT2D eigenvalue weighted by Gasteiger charge is -2.10. The van der Waals surface area contributed by atoms with E-state index in [0.29, 0.717) is 28.8 Å². The molecule has 2 aromatic rings. The van der Waals surface area contributed by atoms with Crippen LogP contribution in [0.4, 0.5) is 0 Å². The molecule has 1 aromatic heterocycles. The van der Waals surface area contributed by atoms with Gasteiger partial charge in [0, 0.05) is 6.42 Å². The van der Waals surface area contributed by atoms with Crippen molar-refractivity contribution in [1.82, 2.24) is 15.2 Å². The van der Waals surface area contributed by atoms with Crippen LogP contribution in [0.25, 0.3) is 6.08 Å². The molecule has 0 saturated carbocycles. The van der Waals surface area contributed by atoms with Gasteiger partial charge in [-0.05, 0) is 48.9 Å². The maximum Gasteiger partial charge on any atom is 0.342 e. The molecule has 7 nitrogen and oxygen atoms in total. The van der Waals surface area contributed by atoms with E-state index in [0.717, 1.165) is 30.4 Å². The van der Waals surface area contributed by atoms with Crippen molar-refractivity contribution in [1.29, 1.82) is 0 Å². The first kappa shape index (κ1) is 18.9. The third-order valence-electron chi connectivity index (χ3n) is 3.20. The number of thioether (sulfide) groups is 1. The van der Waals surface area contributed by atoms with E-state index < -0.39 is 5.97 Å². The maximum absolute atomic E-state index is 11.6. The highest BCUT2D eigenvalue weighted by Crippen LogP contribution is 2.31. The Morgan fingerprint density at radius 1 is 1.36 bits per heavy atom. The molecule has 1 heterocycles. The molecule has 0 atom stereocenters. The number of aryl methyl sites for hydroxylation is 1. The van der Waals surface area contributed by atoms with Crippen LogP contribution in [0.1, 0.15) is 31.7 Å². The third kappa shape index (κ3) is 5.25. The number of nitrogens with one attached hydrogen (secondary N) is 1. The minimum absolute atomic E-state index is 0.119. The molecule has 0 aliphatic rings. The number of ether oxygens (including phenoxy) is 2. The lowest BCUT2D eigenvalue weighted by molar-refractivity contribution is -0.131. The SMILES string of the molecule is CCCc1nc(S/C(=C\c2ccc(OCC)c(OC)c2)C(=O)O)n[nH]1. The molecule has 25 heavy (non-hydrogen) atoms. The summed E-state index contributed by atoms with van der Waals surface area (Å²) in [6.07, 6.45) is 3.27. The van der Waals surface area contributed by atoms with E-state index in [1.165, 1.54) is 0 Å². The van der Waals surface area contributed by atoms with Crippen molar-refractivity contribution in [3.05, 3.63) is 34.5 Å². The summed E-state index contributed by atoms with van der Waals surface area (Å²) in [5.74, 6) is 0.871. The Labute approximate surface area is 150 Å². The fourth-order valence-electron chi connectivity index (χ4n) is 2.11. The molecular weight excluding hydrogens is 342 g/mol. The van der Waals surface area contributed by atoms with E-state index in [1.54, 1.807) is 31.4 Å². The van der Waals surface area contributed by atoms with Gasteiger partial charge >= 0.3 is 5.97 Å². The smallest absolute Gasteiger partial charge is 0.342 e. The van der Waals surface area contributed by atoms with Gasteiger partial charge in [-0.25, -0.2) is 9.78 Å². The number of rotatable bonds is 9. The summed E-state index contributed by atoms with van der Waals surface area (Å²) >= 11 is 1.00. The van der Waals surface area contributed by atoms with Crippen molar-refractivity contribution >= 4 is 23.8 Å². The zero-order valence-corrected chi connectivity index (χ0v) is 15.2. The molecule has 0 aliphatic heterocycles. The number of carbonyl (C=O) groups is 1. The van der Waals surface area contributed by atoms with Crippen molar-refractivity contribution in [2.45, 2.75) is 31.8 Å². The van der Waals surface area contributed by atoms with Gasteiger partial charge in [-0.3, -0.25) is 5.10 Å². The molecule has 8 heteroatoms. The molecule has 2 N–H and O–H groups in total. The van der Waals surface area contributed by atoms with Gasteiger partial charge < -0.3 is 14.6 Å². The largest absolute Gasteiger partial charge is 0.493 e. The fourth-order valence-corrected chi connectivity index (χ4v) is 2.83. The van der Waals surface area contributed by atoms with Gasteiger partial charge in [0.2, 0.25) is 5.16 Å². The minimum atomic E-state index is -1.04. The van der Waals surface area contributed by atoms with Crippen molar-refractivity contribution in [3.8, 4) is 11.5 Å². The van der Waals surface area contributed by atoms with Gasteiger partial charge in [0.25, 0.3) is 0 Å². The van der Waals surface area contributed by atoms with Crippen LogP contribution in [0.2, 0.25) is 0 Å². The Hall–Kier alpha value is -2.48. The van der Waals surface area contributed by atoms with Crippen molar-refractivity contribution in [2.24, 2.45) is 0 Å². The molecule has 134 valence electrons. The first-order chi connectivity index (χ1) is 12.1. The van der Waals surface area contributed by atoms with E-state index >= 15 is 0 Å². The Morgan fingerprint density at radius 2 is 2.16 bits per heavy atom. The van der Waals surface area contributed by atoms with E-state index in [9.17, 15) is 9.90 Å². The summed E-state index contributed by atoms with van der Waals surface area (Å²) < 4.78 is 10.8. The highest BCUT2D eigenvalue weighted by Gasteiger charge is 2.14. The zero-order chi connectivity index (χ0) is 18.2. The Kier molecular flexibility index (Phi) is 6.88. The standard InChI is InChI=1S/C17H21N3O4S/c1-4-6-15-18-17(20-19-15)25-14(16(21)22)10-11-7-8-12(24-5-2)13(9-11)23-3/h7-10H,4-6H2,1-3H3,(H,21,22)(H,18,19,20)/b14-10-. The predicted octanol–water partition coefficient (Wildman–Crippen LogP) is 3.38. The highest BCUT2D eigenvalue weighted by molar-refractivity contribution is 8.04. The van der Waals surface area contributed by atoms with Crippen molar-refractivity contribution < 1.29 is 19.4 Å². The summed E-state index contributed by atoms with van der Waals surface area (Å²) in [7, 11) is 1.54. The summed E-state index contributed by atoms with van der Waals surface area (Å²) in [6, 6.07) is 5.26. The second-order valence-corrected chi connectivity index (χ2v) is 6.08. The van der Waals surface area contributed by atoms with Gasteiger partial charge in [0.1, 0.15) is 10.7 Å². The summed E-state index contributed by atoms with van der Waals surface area (Å²) in [4.78, 5) is 16.0. The van der Waals surface area contributed by atoms with E-state index in [4.69, 9.17) is 9.47 Å². The number of carboxylic acid groups (broad SMARTS) is 1. The topological polar surface area (TPSA) is 97.3 Å². The lowest BCUT2D eigenvalue weighted by atomic mass is 10.2. The molecule has 0 fully saturated rings. The van der Waals surface area contributed by atoms with Crippen molar-refractivity contribution in [3.63, 3.8) is 0 Å². The Morgan fingerprint density at radius 3 is 2.80 bits per heavy atom. The molecule has 0 bridgehead atoms. The normalized spacial score (nSPS) is 11.4. The number of hydrogen-bond acceptors (Lipinski definition) is 6. The summed E-state index contributed by atoms with van der Waals surface area (Å²) in [5.41, 5.74) is 0.689. The first-order valence-electron chi connectivity index (χ1n) is 7.92. The number of aliphatic carboxylic acids is 1. The lowest BCUT2D eigenvalue weighted by Crippen LogP contribution is -1.98. The predicted molar refractivity (Wildman–Crippen MR) is 96.0 cm³/mol. The van der Waals surface area contributed by atoms with Gasteiger partial charge in [0.05, 0.1) is 13.7 Å². The third-order valence-corrected chi connectivity index (χ3v) is 4.07. The van der Waals surface area contributed by atoms with Crippen LogP contribution in [0.5, 0.6) is 11.5 Å². The molecular formula is C17H21N3O4S. The Balaban J connectivity index is 2.25. The van der Waals surface area contributed by atoms with Gasteiger partial charge in [0.15, 0.2) is 11.5 Å². The molecule has 0 spiro atoms. The van der Waals surface area contributed by atoms with Crippen LogP contribution < -0.4 is 9.47 Å². The van der Waals surface area contributed by atoms with Crippen LogP contribution >= 0.6 is 11.8 Å². The average Bonchev–Trinajstić information content (AvgIpc) is 3.03. The monoisotopic (exact) mass is 363 g/mol. The molecule has 0 amide bonds. The molecule has 1 aromatic carbocycles. The second kappa shape index (κ2) is 9.12. The van der Waals surface area contributed by atoms with E-state index in [2.05, 4.69) is 15.2 Å². The van der Waals surface area contributed by atoms with E-state index in [-0.39, 0.29) is 4.91 Å². The fraction of sp³-hybridized carbons (Fsp3) is 0.353. The number of benzene rings is 1. The van der Waals surface area contributed by atoms with Gasteiger partial charge in [-0.2, -0.15) is 0 Å². The molecule has 0 radical (unpaired) electrons. The number of nitrogens with zero attached hydrogens (tertiary/aromatic N) is 2. The van der Waals surface area contributed by atoms with Crippen LogP contribution in [0.3, 0.4) is 0 Å². The highest BCUT2D eigenvalue weighted by atomic mass is 32.2. The number of hydrogen-bond donors (Lipinski definition) is 2. The maximum atomic E-state index is 11.6.